The van der Waals surface area contributed by atoms with Crippen LogP contribution in [0.3, 0.4) is 0 Å². The first-order valence-electron chi connectivity index (χ1n) is 4.79. The lowest BCUT2D eigenvalue weighted by atomic mass is 10.1. The average Bonchev–Trinajstić information content (AvgIpc) is 2.15. The number of hydrogen-bond donors (Lipinski definition) is 0. The molecule has 78 valence electrons. The largest absolute Gasteiger partial charge is 0.131 e. The van der Waals surface area contributed by atoms with Gasteiger partial charge in [-0.25, -0.2) is 0 Å². The van der Waals surface area contributed by atoms with Crippen molar-refractivity contribution < 1.29 is 0 Å². The molecule has 0 fully saturated rings. The van der Waals surface area contributed by atoms with E-state index in [9.17, 15) is 0 Å². The Balaban J connectivity index is 3.06. The summed E-state index contributed by atoms with van der Waals surface area (Å²) in [6.07, 6.45) is 0. The third-order valence-electron chi connectivity index (χ3n) is 2.70. The van der Waals surface area contributed by atoms with E-state index in [0.29, 0.717) is 11.4 Å². The first-order chi connectivity index (χ1) is 6.46. The van der Waals surface area contributed by atoms with E-state index < -0.39 is 6.69 Å². The lowest BCUT2D eigenvalue weighted by Gasteiger charge is -2.25. The average molecular weight is 292 g/mol. The van der Waals surface area contributed by atoms with Gasteiger partial charge in [0.25, 0.3) is 0 Å². The van der Waals surface area contributed by atoms with Gasteiger partial charge in [-0.05, 0) is 16.7 Å². The highest BCUT2D eigenvalue weighted by Gasteiger charge is 2.27. The number of alkyl halides is 1. The van der Waals surface area contributed by atoms with Crippen LogP contribution in [-0.4, -0.2) is 6.69 Å². The van der Waals surface area contributed by atoms with Crippen LogP contribution in [0.1, 0.15) is 23.6 Å². The van der Waals surface area contributed by atoms with Crippen molar-refractivity contribution in [3.05, 3.63) is 35.4 Å². The molecule has 0 amide bonds. The van der Waals surface area contributed by atoms with Crippen LogP contribution >= 0.6 is 26.9 Å². The van der Waals surface area contributed by atoms with Gasteiger partial charge in [-0.2, -0.15) is 0 Å². The summed E-state index contributed by atoms with van der Waals surface area (Å²) in [5.74, 6) is 0.609. The van der Waals surface area contributed by atoms with Gasteiger partial charge in [-0.1, -0.05) is 44.3 Å². The molecule has 0 bridgehead atoms. The molecule has 0 nitrogen and oxygen atoms in total. The SMILES string of the molecule is CC(c1ccccc1CCl)[Si](C)(C)Br. The van der Waals surface area contributed by atoms with Crippen LogP contribution in [0.5, 0.6) is 0 Å². The third-order valence-corrected chi connectivity index (χ3v) is 7.41. The van der Waals surface area contributed by atoms with Crippen molar-refractivity contribution in [1.82, 2.24) is 0 Å². The predicted molar refractivity (Wildman–Crippen MR) is 70.8 cm³/mol. The molecule has 0 N–H and O–H groups in total. The molecule has 0 heterocycles. The van der Waals surface area contributed by atoms with Crippen molar-refractivity contribution in [1.29, 1.82) is 0 Å². The highest BCUT2D eigenvalue weighted by molar-refractivity contribution is 9.26. The Hall–Kier alpha value is 0.207. The lowest BCUT2D eigenvalue weighted by molar-refractivity contribution is 1.01. The zero-order valence-corrected chi connectivity index (χ0v) is 12.2. The van der Waals surface area contributed by atoms with E-state index in [1.54, 1.807) is 0 Å². The molecule has 0 aromatic heterocycles. The zero-order valence-electron chi connectivity index (χ0n) is 8.85. The summed E-state index contributed by atoms with van der Waals surface area (Å²) in [5.41, 5.74) is 3.26. The molecule has 1 rings (SSSR count). The standard InChI is InChI=1S/C11H16BrClSi/c1-9(14(2,3)12)11-7-5-4-6-10(11)8-13/h4-7,9H,8H2,1-3H3. The van der Waals surface area contributed by atoms with E-state index in [1.807, 2.05) is 0 Å². The molecule has 1 unspecified atom stereocenters. The third kappa shape index (κ3) is 2.85. The van der Waals surface area contributed by atoms with Crippen molar-refractivity contribution in [3.8, 4) is 0 Å². The van der Waals surface area contributed by atoms with Gasteiger partial charge < -0.3 is 0 Å². The lowest BCUT2D eigenvalue weighted by Crippen LogP contribution is -2.26. The van der Waals surface area contributed by atoms with Crippen LogP contribution in [0.25, 0.3) is 0 Å². The molecular formula is C11H16BrClSi. The van der Waals surface area contributed by atoms with Crippen LogP contribution in [0.4, 0.5) is 0 Å². The normalized spacial score (nSPS) is 14.1. The number of halogens is 2. The van der Waals surface area contributed by atoms with E-state index >= 15 is 0 Å². The quantitative estimate of drug-likeness (QED) is 0.431. The number of rotatable bonds is 3. The first kappa shape index (κ1) is 12.3. The summed E-state index contributed by atoms with van der Waals surface area (Å²) >= 11 is 9.77. The fourth-order valence-corrected chi connectivity index (χ4v) is 3.45. The summed E-state index contributed by atoms with van der Waals surface area (Å²) in [6, 6.07) is 8.45. The van der Waals surface area contributed by atoms with E-state index in [0.717, 1.165) is 0 Å². The minimum absolute atomic E-state index is 0.595. The monoisotopic (exact) mass is 290 g/mol. The molecule has 1 atom stereocenters. The summed E-state index contributed by atoms with van der Waals surface area (Å²) in [6.45, 7) is 5.63. The van der Waals surface area contributed by atoms with Gasteiger partial charge in [0.05, 0.1) is 0 Å². The summed E-state index contributed by atoms with van der Waals surface area (Å²) < 4.78 is 0. The van der Waals surface area contributed by atoms with Crippen molar-refractivity contribution in [2.75, 3.05) is 0 Å². The van der Waals surface area contributed by atoms with Crippen LogP contribution in [-0.2, 0) is 5.88 Å². The summed E-state index contributed by atoms with van der Waals surface area (Å²) in [7, 11) is 0. The van der Waals surface area contributed by atoms with Crippen molar-refractivity contribution in [2.45, 2.75) is 31.4 Å². The van der Waals surface area contributed by atoms with Crippen molar-refractivity contribution >= 4 is 33.6 Å². The van der Waals surface area contributed by atoms with Gasteiger partial charge in [0.2, 0.25) is 0 Å². The number of hydrogen-bond acceptors (Lipinski definition) is 0. The molecular weight excluding hydrogens is 276 g/mol. The smallest absolute Gasteiger partial charge is 0.126 e. The van der Waals surface area contributed by atoms with Crippen LogP contribution in [0.2, 0.25) is 13.1 Å². The Morgan fingerprint density at radius 3 is 2.43 bits per heavy atom. The fraction of sp³-hybridized carbons (Fsp3) is 0.455. The van der Waals surface area contributed by atoms with Crippen molar-refractivity contribution in [2.24, 2.45) is 0 Å². The molecule has 1 aromatic rings. The molecule has 0 aliphatic rings. The van der Waals surface area contributed by atoms with Gasteiger partial charge >= 0.3 is 0 Å². The highest BCUT2D eigenvalue weighted by atomic mass is 79.9. The van der Waals surface area contributed by atoms with Crippen LogP contribution < -0.4 is 0 Å². The first-order valence-corrected chi connectivity index (χ1v) is 10.7. The molecule has 0 aliphatic heterocycles. The van der Waals surface area contributed by atoms with Gasteiger partial charge in [0.1, 0.15) is 6.69 Å². The topological polar surface area (TPSA) is 0 Å². The minimum Gasteiger partial charge on any atom is -0.126 e. The maximum Gasteiger partial charge on any atom is 0.131 e. The van der Waals surface area contributed by atoms with Crippen LogP contribution in [0, 0.1) is 0 Å². The maximum atomic E-state index is 5.93. The molecule has 0 radical (unpaired) electrons. The summed E-state index contributed by atoms with van der Waals surface area (Å²) in [4.78, 5) is 0. The Kier molecular flexibility index (Phi) is 4.23. The highest BCUT2D eigenvalue weighted by Crippen LogP contribution is 2.33. The second-order valence-electron chi connectivity index (χ2n) is 4.12. The van der Waals surface area contributed by atoms with E-state index in [2.05, 4.69) is 59.6 Å². The van der Waals surface area contributed by atoms with Gasteiger partial charge in [-0.3, -0.25) is 0 Å². The minimum atomic E-state index is -1.30. The van der Waals surface area contributed by atoms with E-state index in [1.165, 1.54) is 11.1 Å². The van der Waals surface area contributed by atoms with Gasteiger partial charge in [-0.15, -0.1) is 26.9 Å². The molecule has 1 aromatic carbocycles. The fourth-order valence-electron chi connectivity index (χ4n) is 1.45. The van der Waals surface area contributed by atoms with Crippen molar-refractivity contribution in [3.63, 3.8) is 0 Å². The molecule has 0 aliphatic carbocycles. The molecule has 0 saturated heterocycles. The molecule has 3 heteroatoms. The van der Waals surface area contributed by atoms with E-state index in [-0.39, 0.29) is 0 Å². The second-order valence-corrected chi connectivity index (χ2v) is 14.5. The Morgan fingerprint density at radius 2 is 1.93 bits per heavy atom. The van der Waals surface area contributed by atoms with Gasteiger partial charge in [0.15, 0.2) is 0 Å². The predicted octanol–water partition coefficient (Wildman–Crippen LogP) is 4.67. The van der Waals surface area contributed by atoms with Gasteiger partial charge in [0, 0.05) is 5.88 Å². The Bertz CT molecular complexity index is 306. The molecule has 0 saturated carbocycles. The Labute approximate surface area is 100 Å². The summed E-state index contributed by atoms with van der Waals surface area (Å²) in [5, 5.41) is 0. The zero-order chi connectivity index (χ0) is 10.8. The second kappa shape index (κ2) is 4.82. The van der Waals surface area contributed by atoms with E-state index in [4.69, 9.17) is 11.6 Å². The number of benzene rings is 1. The Morgan fingerprint density at radius 1 is 1.36 bits per heavy atom. The van der Waals surface area contributed by atoms with Crippen LogP contribution in [0.15, 0.2) is 24.3 Å². The molecule has 14 heavy (non-hydrogen) atoms. The molecule has 0 spiro atoms. The maximum absolute atomic E-state index is 5.93.